The van der Waals surface area contributed by atoms with Crippen molar-refractivity contribution in [2.45, 2.75) is 302 Å². The van der Waals surface area contributed by atoms with Gasteiger partial charge < -0.3 is 28.5 Å². The Labute approximate surface area is 529 Å². The Hall–Kier alpha value is -4.31. The normalized spacial score (nSPS) is 13.5. The van der Waals surface area contributed by atoms with Gasteiger partial charge in [0.15, 0.2) is 6.10 Å². The van der Waals surface area contributed by atoms with E-state index in [0.717, 1.165) is 109 Å². The van der Waals surface area contributed by atoms with Gasteiger partial charge in [0.2, 0.25) is 0 Å². The molecule has 0 aliphatic heterocycles. The zero-order valence-corrected chi connectivity index (χ0v) is 56.2. The fourth-order valence-corrected chi connectivity index (χ4v) is 9.63. The van der Waals surface area contributed by atoms with Gasteiger partial charge >= 0.3 is 17.9 Å². The standard InChI is InChI=1S/C77H131NO8/c1-6-8-10-12-14-16-18-20-22-24-26-28-30-32-34-35-36-37-38-39-40-41-42-44-46-48-50-52-54-56-58-60-62-64-66-68-75(80)86-73(72-85-77(76(81)82)83-70-69-78(3,4)5)71-84-74(79)67-65-63-61-59-57-55-53-51-49-47-45-43-33-31-29-27-25-23-21-19-17-15-13-11-9-7-2/h8,10,14,16,20,22,26,28,32,34,36-37,39-40,42,44,48,50,54,56,73,77H,6-7,9,11-13,15,17-19,21,23-25,27,29-31,33,35,38,41,43,45-47,49,51-53,55,57-72H2,1-5H3/p+1/b10-8-,16-14-,22-20-,28-26-,34-32-,37-36-,40-39-,44-42-,50-48-,56-54-. The molecular formula is C77H132NO8+. The van der Waals surface area contributed by atoms with Crippen LogP contribution in [0, 0.1) is 0 Å². The minimum absolute atomic E-state index is 0.178. The van der Waals surface area contributed by atoms with E-state index in [1.54, 1.807) is 0 Å². The summed E-state index contributed by atoms with van der Waals surface area (Å²) in [7, 11) is 5.96. The van der Waals surface area contributed by atoms with E-state index in [-0.39, 0.29) is 32.2 Å². The van der Waals surface area contributed by atoms with Crippen LogP contribution in [-0.2, 0) is 33.3 Å². The van der Waals surface area contributed by atoms with E-state index in [4.69, 9.17) is 18.9 Å². The number of esters is 2. The Kier molecular flexibility index (Phi) is 63.3. The van der Waals surface area contributed by atoms with Crippen molar-refractivity contribution in [3.8, 4) is 0 Å². The fraction of sp³-hybridized carbons (Fsp3) is 0.701. The average molecular weight is 1200 g/mol. The van der Waals surface area contributed by atoms with Crippen molar-refractivity contribution in [2.75, 3.05) is 47.5 Å². The maximum Gasteiger partial charge on any atom is 0.361 e. The van der Waals surface area contributed by atoms with Crippen molar-refractivity contribution >= 4 is 17.9 Å². The molecule has 0 heterocycles. The highest BCUT2D eigenvalue weighted by Gasteiger charge is 2.25. The van der Waals surface area contributed by atoms with E-state index in [1.165, 1.54) is 148 Å². The number of allylic oxidation sites excluding steroid dienone is 20. The topological polar surface area (TPSA) is 108 Å². The van der Waals surface area contributed by atoms with E-state index >= 15 is 0 Å². The number of rotatable bonds is 64. The van der Waals surface area contributed by atoms with E-state index in [0.29, 0.717) is 23.9 Å². The molecule has 0 fully saturated rings. The minimum atomic E-state index is -1.52. The second kappa shape index (κ2) is 66.6. The summed E-state index contributed by atoms with van der Waals surface area (Å²) in [6.45, 7) is 4.76. The maximum atomic E-state index is 12.9. The van der Waals surface area contributed by atoms with Gasteiger partial charge in [-0.3, -0.25) is 9.59 Å². The summed E-state index contributed by atoms with van der Waals surface area (Å²) in [5.41, 5.74) is 0. The number of carbonyl (C=O) groups excluding carboxylic acids is 2. The summed E-state index contributed by atoms with van der Waals surface area (Å²) in [5.74, 6) is -2.04. The molecule has 0 aromatic carbocycles. The number of hydrogen-bond acceptors (Lipinski definition) is 7. The number of carboxylic acid groups (broad SMARTS) is 1. The van der Waals surface area contributed by atoms with Crippen LogP contribution < -0.4 is 0 Å². The lowest BCUT2D eigenvalue weighted by Gasteiger charge is -2.25. The van der Waals surface area contributed by atoms with E-state index < -0.39 is 24.3 Å². The molecule has 0 rings (SSSR count). The third-order valence-electron chi connectivity index (χ3n) is 15.0. The van der Waals surface area contributed by atoms with E-state index in [1.807, 2.05) is 21.1 Å². The molecule has 492 valence electrons. The highest BCUT2D eigenvalue weighted by Crippen LogP contribution is 2.17. The van der Waals surface area contributed by atoms with E-state index in [9.17, 15) is 19.5 Å². The molecule has 86 heavy (non-hydrogen) atoms. The summed E-state index contributed by atoms with van der Waals surface area (Å²) in [4.78, 5) is 37.6. The van der Waals surface area contributed by atoms with Crippen LogP contribution >= 0.6 is 0 Å². The van der Waals surface area contributed by atoms with Crippen LogP contribution in [0.3, 0.4) is 0 Å². The summed E-state index contributed by atoms with van der Waals surface area (Å²) >= 11 is 0. The lowest BCUT2D eigenvalue weighted by molar-refractivity contribution is -0.870. The monoisotopic (exact) mass is 1200 g/mol. The van der Waals surface area contributed by atoms with Crippen molar-refractivity contribution in [1.29, 1.82) is 0 Å². The number of carbonyl (C=O) groups is 3. The third-order valence-corrected chi connectivity index (χ3v) is 15.0. The molecule has 0 aromatic rings. The number of ether oxygens (including phenoxy) is 4. The van der Waals surface area contributed by atoms with Crippen LogP contribution in [0.1, 0.15) is 290 Å². The van der Waals surface area contributed by atoms with Gasteiger partial charge in [-0.25, -0.2) is 4.79 Å². The van der Waals surface area contributed by atoms with Crippen LogP contribution in [0.2, 0.25) is 0 Å². The number of nitrogens with zero attached hydrogens (tertiary/aromatic N) is 1. The van der Waals surface area contributed by atoms with Crippen LogP contribution in [-0.4, -0.2) is 87.4 Å². The minimum Gasteiger partial charge on any atom is -0.477 e. The molecule has 0 amide bonds. The van der Waals surface area contributed by atoms with Gasteiger partial charge in [0.1, 0.15) is 13.2 Å². The number of aliphatic carboxylic acids is 1. The molecule has 0 aliphatic carbocycles. The Balaban J connectivity index is 4.22. The second-order valence-electron chi connectivity index (χ2n) is 24.5. The number of unbranched alkanes of at least 4 members (excludes halogenated alkanes) is 29. The SMILES string of the molecule is CC/C=C\C/C=C\C/C=C\C/C=C\C/C=C\C/C=C\C/C=C\C/C=C\C/C=C\C/C=C\CCCCCCC(=O)OC(COC(=O)CCCCCCCCCCCCCCCCCCCCCCCCCCCC)COC(OCC[N+](C)(C)C)C(=O)O. The molecule has 9 heteroatoms. The Morgan fingerprint density at radius 1 is 0.360 bits per heavy atom. The predicted molar refractivity (Wildman–Crippen MR) is 368 cm³/mol. The first-order valence-electron chi connectivity index (χ1n) is 35.2. The first-order chi connectivity index (χ1) is 42.1. The zero-order chi connectivity index (χ0) is 62.6. The van der Waals surface area contributed by atoms with Gasteiger partial charge in [-0.2, -0.15) is 0 Å². The summed E-state index contributed by atoms with van der Waals surface area (Å²) in [6, 6.07) is 0. The lowest BCUT2D eigenvalue weighted by Crippen LogP contribution is -2.40. The van der Waals surface area contributed by atoms with Crippen molar-refractivity contribution in [3.05, 3.63) is 122 Å². The molecular weight excluding hydrogens is 1070 g/mol. The number of quaternary nitrogens is 1. The molecule has 0 bridgehead atoms. The molecule has 0 aliphatic rings. The lowest BCUT2D eigenvalue weighted by atomic mass is 10.0. The van der Waals surface area contributed by atoms with Gasteiger partial charge in [-0.15, -0.1) is 0 Å². The predicted octanol–water partition coefficient (Wildman–Crippen LogP) is 22.0. The molecule has 0 aromatic heterocycles. The smallest absolute Gasteiger partial charge is 0.361 e. The highest BCUT2D eigenvalue weighted by molar-refractivity contribution is 5.71. The van der Waals surface area contributed by atoms with Gasteiger partial charge in [0, 0.05) is 12.8 Å². The molecule has 1 N–H and O–H groups in total. The number of likely N-dealkylation sites (N-methyl/N-ethyl adjacent to an activating group) is 1. The Morgan fingerprint density at radius 3 is 0.988 bits per heavy atom. The molecule has 0 saturated carbocycles. The summed E-state index contributed by atoms with van der Waals surface area (Å²) in [5, 5.41) is 9.74. The molecule has 2 atom stereocenters. The van der Waals surface area contributed by atoms with Crippen LogP contribution in [0.25, 0.3) is 0 Å². The molecule has 9 nitrogen and oxygen atoms in total. The second-order valence-corrected chi connectivity index (χ2v) is 24.5. The Morgan fingerprint density at radius 2 is 0.663 bits per heavy atom. The van der Waals surface area contributed by atoms with Gasteiger partial charge in [0.05, 0.1) is 34.4 Å². The molecule has 0 spiro atoms. The molecule has 0 radical (unpaired) electrons. The van der Waals surface area contributed by atoms with Crippen molar-refractivity contribution < 1.29 is 42.9 Å². The highest BCUT2D eigenvalue weighted by atomic mass is 16.7. The number of hydrogen-bond donors (Lipinski definition) is 1. The van der Waals surface area contributed by atoms with Crippen molar-refractivity contribution in [3.63, 3.8) is 0 Å². The first kappa shape index (κ1) is 81.7. The van der Waals surface area contributed by atoms with Crippen LogP contribution in [0.5, 0.6) is 0 Å². The first-order valence-corrected chi connectivity index (χ1v) is 35.2. The summed E-state index contributed by atoms with van der Waals surface area (Å²) < 4.78 is 22.9. The van der Waals surface area contributed by atoms with Gasteiger partial charge in [-0.05, 0) is 89.9 Å². The quantitative estimate of drug-likeness (QED) is 0.0211. The maximum absolute atomic E-state index is 12.9. The largest absolute Gasteiger partial charge is 0.477 e. The van der Waals surface area contributed by atoms with Crippen molar-refractivity contribution in [1.82, 2.24) is 0 Å². The third kappa shape index (κ3) is 67.2. The van der Waals surface area contributed by atoms with Gasteiger partial charge in [0.25, 0.3) is 6.29 Å². The summed E-state index contributed by atoms with van der Waals surface area (Å²) in [6.07, 6.45) is 91.7. The van der Waals surface area contributed by atoms with E-state index in [2.05, 4.69) is 135 Å². The van der Waals surface area contributed by atoms with Gasteiger partial charge in [-0.1, -0.05) is 309 Å². The fourth-order valence-electron chi connectivity index (χ4n) is 9.63. The molecule has 2 unspecified atom stereocenters. The Bertz CT molecular complexity index is 1830. The zero-order valence-electron chi connectivity index (χ0n) is 56.2. The van der Waals surface area contributed by atoms with Crippen LogP contribution in [0.4, 0.5) is 0 Å². The van der Waals surface area contributed by atoms with Crippen molar-refractivity contribution in [2.24, 2.45) is 0 Å². The molecule has 0 saturated heterocycles. The number of carboxylic acids is 1. The average Bonchev–Trinajstić information content (AvgIpc) is 3.64. The van der Waals surface area contributed by atoms with Crippen LogP contribution in [0.15, 0.2) is 122 Å².